The van der Waals surface area contributed by atoms with Gasteiger partial charge in [-0.3, -0.25) is 4.79 Å². The van der Waals surface area contributed by atoms with Crippen LogP contribution in [0.15, 0.2) is 52.0 Å². The van der Waals surface area contributed by atoms with Crippen LogP contribution in [0, 0.1) is 6.92 Å². The number of hydrogen-bond acceptors (Lipinski definition) is 4. The molecule has 0 bridgehead atoms. The number of aromatic nitrogens is 4. The zero-order chi connectivity index (χ0) is 18.5. The zero-order valence-corrected chi connectivity index (χ0v) is 13.3. The largest absolute Gasteiger partial charge is 0.444 e. The van der Waals surface area contributed by atoms with Crippen LogP contribution in [0.4, 0.5) is 13.2 Å². The predicted octanol–water partition coefficient (Wildman–Crippen LogP) is 3.67. The van der Waals surface area contributed by atoms with Gasteiger partial charge in [0.05, 0.1) is 11.8 Å². The number of oxazole rings is 1. The molecule has 132 valence electrons. The number of aryl methyl sites for hydroxylation is 1. The molecule has 0 aliphatic rings. The van der Waals surface area contributed by atoms with Gasteiger partial charge in [-0.15, -0.1) is 0 Å². The van der Waals surface area contributed by atoms with Gasteiger partial charge in [-0.25, -0.2) is 4.98 Å². The number of halogens is 3. The van der Waals surface area contributed by atoms with Gasteiger partial charge in [-0.2, -0.15) is 22.8 Å². The molecule has 0 saturated heterocycles. The molecule has 0 aliphatic heterocycles. The minimum absolute atomic E-state index is 0.0102. The van der Waals surface area contributed by atoms with Gasteiger partial charge in [0, 0.05) is 5.69 Å². The molecule has 6 nitrogen and oxygen atoms in total. The maximum atomic E-state index is 13.6. The summed E-state index contributed by atoms with van der Waals surface area (Å²) in [6.45, 7) is 1.57. The van der Waals surface area contributed by atoms with E-state index in [-0.39, 0.29) is 22.7 Å². The molecule has 0 aliphatic carbocycles. The number of fused-ring (bicyclic) bond motifs is 1. The van der Waals surface area contributed by atoms with Crippen LogP contribution in [0.3, 0.4) is 0 Å². The number of aromatic amines is 1. The van der Waals surface area contributed by atoms with Gasteiger partial charge < -0.3 is 9.40 Å². The van der Waals surface area contributed by atoms with Gasteiger partial charge in [-0.05, 0) is 12.5 Å². The Bertz CT molecular complexity index is 1140. The van der Waals surface area contributed by atoms with Gasteiger partial charge in [-0.1, -0.05) is 30.3 Å². The first-order chi connectivity index (χ1) is 12.4. The highest BCUT2D eigenvalue weighted by Gasteiger charge is 2.39. The molecule has 0 fully saturated rings. The Labute approximate surface area is 143 Å². The Hall–Kier alpha value is -3.36. The number of rotatable bonds is 2. The van der Waals surface area contributed by atoms with Crippen molar-refractivity contribution in [2.24, 2.45) is 0 Å². The molecule has 0 radical (unpaired) electrons. The number of H-pyrrole nitrogens is 1. The van der Waals surface area contributed by atoms with Crippen molar-refractivity contribution >= 4 is 5.65 Å². The van der Waals surface area contributed by atoms with Crippen LogP contribution in [0.25, 0.3) is 28.2 Å². The van der Waals surface area contributed by atoms with Crippen LogP contribution in [-0.4, -0.2) is 19.6 Å². The average Bonchev–Trinajstić information content (AvgIpc) is 3.23. The van der Waals surface area contributed by atoms with Crippen LogP contribution in [0.2, 0.25) is 0 Å². The summed E-state index contributed by atoms with van der Waals surface area (Å²) >= 11 is 0. The van der Waals surface area contributed by atoms with Gasteiger partial charge in [0.2, 0.25) is 5.89 Å². The standard InChI is InChI=1S/C17H11F3N4O2/c1-9-11(15-21-7-8-26-15)16(25)24-14(22-9)12(10-5-3-2-4-6-10)13(23-24)17(18,19)20/h2-8,22H,1H3. The predicted molar refractivity (Wildman–Crippen MR) is 86.5 cm³/mol. The first-order valence-corrected chi connectivity index (χ1v) is 7.56. The first kappa shape index (κ1) is 16.1. The van der Waals surface area contributed by atoms with E-state index in [1.165, 1.54) is 24.6 Å². The molecule has 1 aromatic carbocycles. The van der Waals surface area contributed by atoms with Gasteiger partial charge in [0.15, 0.2) is 5.69 Å². The maximum Gasteiger partial charge on any atom is 0.435 e. The number of benzene rings is 1. The fourth-order valence-electron chi connectivity index (χ4n) is 2.86. The molecular weight excluding hydrogens is 349 g/mol. The third-order valence-corrected chi connectivity index (χ3v) is 3.95. The minimum atomic E-state index is -4.73. The third kappa shape index (κ3) is 2.40. The first-order valence-electron chi connectivity index (χ1n) is 7.56. The van der Waals surface area contributed by atoms with E-state index in [4.69, 9.17) is 4.42 Å². The molecule has 4 aromatic rings. The summed E-state index contributed by atoms with van der Waals surface area (Å²) in [5, 5.41) is 3.55. The van der Waals surface area contributed by atoms with E-state index in [1.54, 1.807) is 25.1 Å². The van der Waals surface area contributed by atoms with Crippen LogP contribution in [-0.2, 0) is 6.18 Å². The number of alkyl halides is 3. The van der Waals surface area contributed by atoms with Gasteiger partial charge >= 0.3 is 6.18 Å². The summed E-state index contributed by atoms with van der Waals surface area (Å²) in [6.07, 6.45) is -2.11. The molecule has 0 saturated carbocycles. The molecule has 0 spiro atoms. The van der Waals surface area contributed by atoms with E-state index in [0.29, 0.717) is 15.8 Å². The molecule has 1 N–H and O–H groups in total. The van der Waals surface area contributed by atoms with E-state index >= 15 is 0 Å². The van der Waals surface area contributed by atoms with Crippen molar-refractivity contribution in [3.63, 3.8) is 0 Å². The smallest absolute Gasteiger partial charge is 0.435 e. The van der Waals surface area contributed by atoms with Crippen LogP contribution in [0.5, 0.6) is 0 Å². The molecule has 3 aromatic heterocycles. The Morgan fingerprint density at radius 1 is 1.15 bits per heavy atom. The Morgan fingerprint density at radius 3 is 2.50 bits per heavy atom. The maximum absolute atomic E-state index is 13.6. The SMILES string of the molecule is Cc1[nH]c2c(-c3ccccc3)c(C(F)(F)F)nn2c(=O)c1-c1ncco1. The van der Waals surface area contributed by atoms with Crippen molar-refractivity contribution in [2.45, 2.75) is 13.1 Å². The summed E-state index contributed by atoms with van der Waals surface area (Å²) < 4.78 is 46.5. The van der Waals surface area contributed by atoms with Crippen LogP contribution < -0.4 is 5.56 Å². The van der Waals surface area contributed by atoms with Crippen molar-refractivity contribution in [2.75, 3.05) is 0 Å². The van der Waals surface area contributed by atoms with E-state index in [9.17, 15) is 18.0 Å². The molecule has 0 unspecified atom stereocenters. The Kier molecular flexibility index (Phi) is 3.46. The molecule has 3 heterocycles. The summed E-state index contributed by atoms with van der Waals surface area (Å²) in [5.74, 6) is 0.0102. The minimum Gasteiger partial charge on any atom is -0.444 e. The lowest BCUT2D eigenvalue weighted by atomic mass is 10.1. The second kappa shape index (κ2) is 5.58. The monoisotopic (exact) mass is 360 g/mol. The Balaban J connectivity index is 2.12. The molecular formula is C17H11F3N4O2. The fraction of sp³-hybridized carbons (Fsp3) is 0.118. The van der Waals surface area contributed by atoms with Gasteiger partial charge in [0.25, 0.3) is 5.56 Å². The van der Waals surface area contributed by atoms with E-state index in [2.05, 4.69) is 15.1 Å². The molecule has 0 amide bonds. The quantitative estimate of drug-likeness (QED) is 0.592. The highest BCUT2D eigenvalue weighted by atomic mass is 19.4. The van der Waals surface area contributed by atoms with Crippen molar-refractivity contribution in [3.05, 3.63) is 64.5 Å². The molecule has 9 heteroatoms. The summed E-state index contributed by atoms with van der Waals surface area (Å²) in [7, 11) is 0. The summed E-state index contributed by atoms with van der Waals surface area (Å²) in [4.78, 5) is 19.5. The van der Waals surface area contributed by atoms with Crippen molar-refractivity contribution in [3.8, 4) is 22.6 Å². The van der Waals surface area contributed by atoms with E-state index in [1.807, 2.05) is 0 Å². The lowest BCUT2D eigenvalue weighted by Crippen LogP contribution is -2.19. The van der Waals surface area contributed by atoms with Crippen molar-refractivity contribution < 1.29 is 17.6 Å². The molecule has 0 atom stereocenters. The highest BCUT2D eigenvalue weighted by Crippen LogP contribution is 2.38. The number of nitrogens with zero attached hydrogens (tertiary/aromatic N) is 3. The fourth-order valence-corrected chi connectivity index (χ4v) is 2.86. The summed E-state index contributed by atoms with van der Waals surface area (Å²) in [5.41, 5.74) is -1.45. The van der Waals surface area contributed by atoms with E-state index in [0.717, 1.165) is 0 Å². The van der Waals surface area contributed by atoms with Crippen molar-refractivity contribution in [1.82, 2.24) is 19.6 Å². The third-order valence-electron chi connectivity index (χ3n) is 3.95. The molecule has 4 rings (SSSR count). The second-order valence-corrected chi connectivity index (χ2v) is 5.62. The van der Waals surface area contributed by atoms with Crippen LogP contribution in [0.1, 0.15) is 11.4 Å². The van der Waals surface area contributed by atoms with Crippen LogP contribution >= 0.6 is 0 Å². The normalized spacial score (nSPS) is 12.0. The van der Waals surface area contributed by atoms with Crippen molar-refractivity contribution in [1.29, 1.82) is 0 Å². The lowest BCUT2D eigenvalue weighted by Gasteiger charge is -2.07. The Morgan fingerprint density at radius 2 is 1.88 bits per heavy atom. The van der Waals surface area contributed by atoms with E-state index < -0.39 is 17.4 Å². The zero-order valence-electron chi connectivity index (χ0n) is 13.3. The summed E-state index contributed by atoms with van der Waals surface area (Å²) in [6, 6.07) is 7.98. The number of nitrogens with one attached hydrogen (secondary N) is 1. The topological polar surface area (TPSA) is 76.2 Å². The lowest BCUT2D eigenvalue weighted by molar-refractivity contribution is -0.140. The van der Waals surface area contributed by atoms with Gasteiger partial charge in [0.1, 0.15) is 17.5 Å². The molecule has 26 heavy (non-hydrogen) atoms. The highest BCUT2D eigenvalue weighted by molar-refractivity contribution is 5.81. The second-order valence-electron chi connectivity index (χ2n) is 5.62. The number of hydrogen-bond donors (Lipinski definition) is 1. The average molecular weight is 360 g/mol.